The third-order valence-corrected chi connectivity index (χ3v) is 4.03. The van der Waals surface area contributed by atoms with Crippen molar-refractivity contribution in [3.63, 3.8) is 0 Å². The summed E-state index contributed by atoms with van der Waals surface area (Å²) in [6.07, 6.45) is -2.66. The number of esters is 6. The third kappa shape index (κ3) is 13.3. The second-order valence-corrected chi connectivity index (χ2v) is 6.74. The number of carbonyl (C=O) groups excluding carboxylic acids is 6. The van der Waals surface area contributed by atoms with Crippen LogP contribution in [0.5, 0.6) is 0 Å². The summed E-state index contributed by atoms with van der Waals surface area (Å²) in [4.78, 5) is 67.6. The van der Waals surface area contributed by atoms with E-state index in [9.17, 15) is 39.0 Å². The molecule has 0 radical (unpaired) electrons. The van der Waals surface area contributed by atoms with E-state index >= 15 is 0 Å². The van der Waals surface area contributed by atoms with Crippen molar-refractivity contribution in [1.82, 2.24) is 0 Å². The Kier molecular flexibility index (Phi) is 16.7. The van der Waals surface area contributed by atoms with Gasteiger partial charge in [-0.1, -0.05) is 0 Å². The molecule has 0 heterocycles. The predicted octanol–water partition coefficient (Wildman–Crippen LogP) is -0.796. The van der Waals surface area contributed by atoms with E-state index < -0.39 is 72.7 Å². The minimum absolute atomic E-state index is 0.0206. The molecule has 0 aromatic heterocycles. The molecule has 0 atom stereocenters. The summed E-state index contributed by atoms with van der Waals surface area (Å²) in [6.45, 7) is 4.97. The van der Waals surface area contributed by atoms with Crippen LogP contribution in [0.25, 0.3) is 0 Å². The van der Waals surface area contributed by atoms with E-state index in [0.717, 1.165) is 21.3 Å². The molecule has 0 aliphatic carbocycles. The lowest BCUT2D eigenvalue weighted by molar-refractivity contribution is -0.177. The SMILES string of the molecule is CCOC(=O)CC(O)(CC(=O)OCC)C(=O)OCC.COC(=O)CC(O)(CC(=O)OC)C(=O)OC. The van der Waals surface area contributed by atoms with Gasteiger partial charge in [0.15, 0.2) is 11.2 Å². The predicted molar refractivity (Wildman–Crippen MR) is 114 cm³/mol. The molecule has 0 aliphatic rings. The summed E-state index contributed by atoms with van der Waals surface area (Å²) in [7, 11) is 3.22. The fraction of sp³-hybridized carbons (Fsp3) is 0.714. The molecule has 14 heteroatoms. The van der Waals surface area contributed by atoms with Crippen LogP contribution >= 0.6 is 0 Å². The summed E-state index contributed by atoms with van der Waals surface area (Å²) in [5, 5.41) is 19.9. The number of rotatable bonds is 13. The van der Waals surface area contributed by atoms with Gasteiger partial charge >= 0.3 is 35.8 Å². The van der Waals surface area contributed by atoms with Crippen molar-refractivity contribution in [2.45, 2.75) is 57.7 Å². The second kappa shape index (κ2) is 17.2. The van der Waals surface area contributed by atoms with Gasteiger partial charge in [0.1, 0.15) is 0 Å². The van der Waals surface area contributed by atoms with Crippen molar-refractivity contribution in [1.29, 1.82) is 0 Å². The molecule has 0 fully saturated rings. The average molecular weight is 510 g/mol. The normalized spacial score (nSPS) is 10.6. The van der Waals surface area contributed by atoms with Crippen LogP contribution < -0.4 is 0 Å². The highest BCUT2D eigenvalue weighted by Crippen LogP contribution is 2.20. The molecule has 0 aromatic carbocycles. The molecule has 0 spiro atoms. The largest absolute Gasteiger partial charge is 0.469 e. The number of carbonyl (C=O) groups is 6. The van der Waals surface area contributed by atoms with Crippen molar-refractivity contribution in [3.8, 4) is 0 Å². The molecular formula is C21H34O14. The van der Waals surface area contributed by atoms with Crippen LogP contribution in [-0.2, 0) is 57.2 Å². The Labute approximate surface area is 202 Å². The Balaban J connectivity index is 0. The Hall–Kier alpha value is -3.26. The lowest BCUT2D eigenvalue weighted by atomic mass is 9.95. The van der Waals surface area contributed by atoms with Crippen molar-refractivity contribution < 1.29 is 67.4 Å². The van der Waals surface area contributed by atoms with E-state index in [-0.39, 0.29) is 19.8 Å². The zero-order valence-electron chi connectivity index (χ0n) is 20.7. The molecule has 0 rings (SSSR count). The fourth-order valence-corrected chi connectivity index (χ4v) is 2.39. The van der Waals surface area contributed by atoms with Gasteiger partial charge < -0.3 is 38.6 Å². The minimum Gasteiger partial charge on any atom is -0.469 e. The highest BCUT2D eigenvalue weighted by molar-refractivity contribution is 5.90. The Morgan fingerprint density at radius 2 is 0.829 bits per heavy atom. The maximum Gasteiger partial charge on any atom is 0.339 e. The van der Waals surface area contributed by atoms with Gasteiger partial charge in [-0.15, -0.1) is 0 Å². The highest BCUT2D eigenvalue weighted by Gasteiger charge is 2.43. The van der Waals surface area contributed by atoms with Crippen molar-refractivity contribution in [2.75, 3.05) is 41.2 Å². The molecule has 2 N–H and O–H groups in total. The highest BCUT2D eigenvalue weighted by atomic mass is 16.6. The summed E-state index contributed by atoms with van der Waals surface area (Å²) in [6, 6.07) is 0. The molecule has 14 nitrogen and oxygen atoms in total. The van der Waals surface area contributed by atoms with Crippen LogP contribution in [0.4, 0.5) is 0 Å². The van der Waals surface area contributed by atoms with Crippen LogP contribution in [0.15, 0.2) is 0 Å². The van der Waals surface area contributed by atoms with Gasteiger partial charge in [0.05, 0.1) is 66.8 Å². The average Bonchev–Trinajstić information content (AvgIpc) is 2.78. The Bertz CT molecular complexity index is 692. The van der Waals surface area contributed by atoms with E-state index in [1.807, 2.05) is 0 Å². The first-order valence-electron chi connectivity index (χ1n) is 10.4. The smallest absolute Gasteiger partial charge is 0.339 e. The first-order valence-corrected chi connectivity index (χ1v) is 10.4. The van der Waals surface area contributed by atoms with E-state index in [1.54, 1.807) is 20.8 Å². The molecule has 0 saturated carbocycles. The number of aliphatic hydroxyl groups is 2. The van der Waals surface area contributed by atoms with Crippen molar-refractivity contribution in [3.05, 3.63) is 0 Å². The molecule has 0 unspecified atom stereocenters. The van der Waals surface area contributed by atoms with Gasteiger partial charge in [-0.25, -0.2) is 9.59 Å². The number of hydrogen-bond acceptors (Lipinski definition) is 14. The molecular weight excluding hydrogens is 476 g/mol. The zero-order chi connectivity index (χ0) is 27.7. The van der Waals surface area contributed by atoms with Gasteiger partial charge in [0.2, 0.25) is 0 Å². The van der Waals surface area contributed by atoms with Gasteiger partial charge in [0.25, 0.3) is 0 Å². The first kappa shape index (κ1) is 33.9. The molecule has 202 valence electrons. The van der Waals surface area contributed by atoms with E-state index in [4.69, 9.17) is 0 Å². The van der Waals surface area contributed by atoms with Crippen LogP contribution in [0, 0.1) is 0 Å². The summed E-state index contributed by atoms with van der Waals surface area (Å²) in [5.74, 6) is -5.39. The second-order valence-electron chi connectivity index (χ2n) is 6.74. The van der Waals surface area contributed by atoms with Gasteiger partial charge in [-0.3, -0.25) is 19.2 Å². The molecule has 0 bridgehead atoms. The Morgan fingerprint density at radius 3 is 1.11 bits per heavy atom. The summed E-state index contributed by atoms with van der Waals surface area (Å²) in [5.41, 5.74) is -4.51. The fourth-order valence-electron chi connectivity index (χ4n) is 2.39. The van der Waals surface area contributed by atoms with Gasteiger partial charge in [-0.2, -0.15) is 0 Å². The monoisotopic (exact) mass is 510 g/mol. The molecule has 0 amide bonds. The van der Waals surface area contributed by atoms with Gasteiger partial charge in [0, 0.05) is 0 Å². The molecule has 0 aromatic rings. The van der Waals surface area contributed by atoms with Crippen molar-refractivity contribution >= 4 is 35.8 Å². The Morgan fingerprint density at radius 1 is 0.514 bits per heavy atom. The summed E-state index contributed by atoms with van der Waals surface area (Å²) < 4.78 is 26.9. The number of ether oxygens (including phenoxy) is 6. The molecule has 0 saturated heterocycles. The maximum absolute atomic E-state index is 11.7. The molecule has 0 aliphatic heterocycles. The topological polar surface area (TPSA) is 198 Å². The maximum atomic E-state index is 11.7. The van der Waals surface area contributed by atoms with E-state index in [0.29, 0.717) is 0 Å². The van der Waals surface area contributed by atoms with Crippen LogP contribution in [0.1, 0.15) is 46.5 Å². The summed E-state index contributed by atoms with van der Waals surface area (Å²) >= 11 is 0. The van der Waals surface area contributed by atoms with E-state index in [2.05, 4.69) is 28.4 Å². The van der Waals surface area contributed by atoms with Crippen LogP contribution in [0.2, 0.25) is 0 Å². The first-order chi connectivity index (χ1) is 16.3. The lowest BCUT2D eigenvalue weighted by Crippen LogP contribution is -2.44. The van der Waals surface area contributed by atoms with Crippen LogP contribution in [-0.4, -0.2) is 98.4 Å². The lowest BCUT2D eigenvalue weighted by Gasteiger charge is -2.23. The quantitative estimate of drug-likeness (QED) is 0.230. The van der Waals surface area contributed by atoms with Crippen molar-refractivity contribution in [2.24, 2.45) is 0 Å². The van der Waals surface area contributed by atoms with Gasteiger partial charge in [-0.05, 0) is 20.8 Å². The third-order valence-electron chi connectivity index (χ3n) is 4.03. The number of methoxy groups -OCH3 is 3. The molecule has 35 heavy (non-hydrogen) atoms. The zero-order valence-corrected chi connectivity index (χ0v) is 20.7. The van der Waals surface area contributed by atoms with Crippen LogP contribution in [0.3, 0.4) is 0 Å². The number of hydrogen-bond donors (Lipinski definition) is 2. The van der Waals surface area contributed by atoms with E-state index in [1.165, 1.54) is 0 Å². The minimum atomic E-state index is -2.26. The standard InChI is InChI=1S/C12H20O7.C9H14O7/c1-4-17-9(13)7-12(16,11(15)19-6-3)8-10(14)18-5-2;1-14-6(10)4-9(13,8(12)16-3)5-7(11)15-2/h16H,4-8H2,1-3H3;13H,4-5H2,1-3H3.